The molecule has 2 aliphatic heterocycles. The molecule has 2 saturated heterocycles. The van der Waals surface area contributed by atoms with Gasteiger partial charge in [-0.05, 0) is 49.5 Å². The van der Waals surface area contributed by atoms with Crippen molar-refractivity contribution in [2.75, 3.05) is 19.6 Å². The van der Waals surface area contributed by atoms with E-state index in [1.54, 1.807) is 10.4 Å². The average Bonchev–Trinajstić information content (AvgIpc) is 2.58. The summed E-state index contributed by atoms with van der Waals surface area (Å²) in [5, 5.41) is 3.72. The Morgan fingerprint density at radius 2 is 2.10 bits per heavy atom. The van der Waals surface area contributed by atoms with Crippen LogP contribution in [0.25, 0.3) is 0 Å². The quantitative estimate of drug-likeness (QED) is 0.906. The van der Waals surface area contributed by atoms with Crippen LogP contribution in [0.1, 0.15) is 18.4 Å². The summed E-state index contributed by atoms with van der Waals surface area (Å²) in [4.78, 5) is 0. The molecule has 2 atom stereocenters. The van der Waals surface area contributed by atoms with Gasteiger partial charge >= 0.3 is 0 Å². The van der Waals surface area contributed by atoms with Crippen LogP contribution in [0.3, 0.4) is 0 Å². The molecule has 110 valence electrons. The fourth-order valence-corrected chi connectivity index (χ4v) is 5.68. The van der Waals surface area contributed by atoms with Crippen molar-refractivity contribution in [3.05, 3.63) is 34.9 Å². The van der Waals surface area contributed by atoms with Gasteiger partial charge in [0.25, 0.3) is 0 Å². The number of sulfonamides is 1. The van der Waals surface area contributed by atoms with Crippen molar-refractivity contribution in [2.45, 2.75) is 24.6 Å². The largest absolute Gasteiger partial charge is 0.317 e. The van der Waals surface area contributed by atoms with Gasteiger partial charge in [-0.2, -0.15) is 4.31 Å². The molecule has 6 heteroatoms. The van der Waals surface area contributed by atoms with Crippen LogP contribution in [-0.2, 0) is 16.6 Å². The maximum Gasteiger partial charge on any atom is 0.217 e. The molecule has 0 aliphatic carbocycles. The lowest BCUT2D eigenvalue weighted by Gasteiger charge is -2.17. The van der Waals surface area contributed by atoms with E-state index in [0.717, 1.165) is 31.5 Å². The molecule has 4 nitrogen and oxygen atoms in total. The fourth-order valence-electron chi connectivity index (χ4n) is 3.23. The Morgan fingerprint density at radius 3 is 2.90 bits per heavy atom. The highest BCUT2D eigenvalue weighted by atomic mass is 35.5. The zero-order valence-corrected chi connectivity index (χ0v) is 12.8. The van der Waals surface area contributed by atoms with Gasteiger partial charge in [-0.3, -0.25) is 0 Å². The van der Waals surface area contributed by atoms with E-state index in [-0.39, 0.29) is 11.2 Å². The molecular weight excluding hydrogens is 296 g/mol. The number of hydrogen-bond donors (Lipinski definition) is 1. The Balaban J connectivity index is 1.81. The summed E-state index contributed by atoms with van der Waals surface area (Å²) in [6, 6.07) is 7.44. The molecule has 0 spiro atoms. The van der Waals surface area contributed by atoms with Gasteiger partial charge in [0.05, 0.1) is 5.25 Å². The predicted octanol–water partition coefficient (Wildman–Crippen LogP) is 1.85. The summed E-state index contributed by atoms with van der Waals surface area (Å²) in [7, 11) is -3.17. The van der Waals surface area contributed by atoms with Crippen molar-refractivity contribution >= 4 is 21.6 Å². The summed E-state index contributed by atoms with van der Waals surface area (Å²) >= 11 is 5.97. The van der Waals surface area contributed by atoms with E-state index in [9.17, 15) is 8.42 Å². The smallest absolute Gasteiger partial charge is 0.217 e. The van der Waals surface area contributed by atoms with Crippen molar-refractivity contribution in [3.63, 3.8) is 0 Å². The first kappa shape index (κ1) is 14.3. The Labute approximate surface area is 125 Å². The van der Waals surface area contributed by atoms with E-state index < -0.39 is 10.0 Å². The van der Waals surface area contributed by atoms with Gasteiger partial charge in [0.1, 0.15) is 0 Å². The van der Waals surface area contributed by atoms with Crippen LogP contribution in [0.5, 0.6) is 0 Å². The van der Waals surface area contributed by atoms with Crippen LogP contribution in [-0.4, -0.2) is 37.6 Å². The molecule has 2 aliphatic rings. The van der Waals surface area contributed by atoms with E-state index in [1.165, 1.54) is 0 Å². The summed E-state index contributed by atoms with van der Waals surface area (Å²) < 4.78 is 26.9. The van der Waals surface area contributed by atoms with Gasteiger partial charge in [-0.25, -0.2) is 8.42 Å². The monoisotopic (exact) mass is 314 g/mol. The third kappa shape index (κ3) is 2.72. The Kier molecular flexibility index (Phi) is 4.04. The molecule has 1 aromatic carbocycles. The highest BCUT2D eigenvalue weighted by molar-refractivity contribution is 7.90. The molecule has 0 radical (unpaired) electrons. The fraction of sp³-hybridized carbons (Fsp3) is 0.571. The summed E-state index contributed by atoms with van der Waals surface area (Å²) in [6.07, 6.45) is 1.66. The normalized spacial score (nSPS) is 29.9. The standard InChI is InChI=1S/C14H19ClN2O2S/c15-13-3-1-2-11(8-13)9-17-10-12-4-6-16-7-5-14(12)20(17,18)19/h1-3,8,12,14,16H,4-7,9-10H2/t12-,14-/m1/s1. The molecule has 2 fully saturated rings. The Bertz CT molecular complexity index is 591. The molecule has 3 rings (SSSR count). The van der Waals surface area contributed by atoms with Crippen molar-refractivity contribution < 1.29 is 8.42 Å². The second kappa shape index (κ2) is 5.64. The van der Waals surface area contributed by atoms with Crippen LogP contribution in [0.2, 0.25) is 5.02 Å². The average molecular weight is 315 g/mol. The number of benzene rings is 1. The third-order valence-electron chi connectivity index (χ3n) is 4.25. The number of fused-ring (bicyclic) bond motifs is 1. The van der Waals surface area contributed by atoms with E-state index in [2.05, 4.69) is 5.32 Å². The number of nitrogens with one attached hydrogen (secondary N) is 1. The van der Waals surface area contributed by atoms with Crippen molar-refractivity contribution in [1.29, 1.82) is 0 Å². The maximum atomic E-state index is 12.6. The number of nitrogens with zero attached hydrogens (tertiary/aromatic N) is 1. The predicted molar refractivity (Wildman–Crippen MR) is 80.2 cm³/mol. The lowest BCUT2D eigenvalue weighted by Crippen LogP contribution is -2.30. The summed E-state index contributed by atoms with van der Waals surface area (Å²) in [6.45, 7) is 2.79. The molecule has 0 aromatic heterocycles. The molecule has 2 heterocycles. The van der Waals surface area contributed by atoms with Gasteiger partial charge in [0.2, 0.25) is 10.0 Å². The van der Waals surface area contributed by atoms with E-state index in [4.69, 9.17) is 11.6 Å². The van der Waals surface area contributed by atoms with E-state index >= 15 is 0 Å². The molecule has 20 heavy (non-hydrogen) atoms. The van der Waals surface area contributed by atoms with Crippen LogP contribution in [0, 0.1) is 5.92 Å². The van der Waals surface area contributed by atoms with Crippen LogP contribution < -0.4 is 5.32 Å². The number of rotatable bonds is 2. The molecule has 0 unspecified atom stereocenters. The van der Waals surface area contributed by atoms with Crippen molar-refractivity contribution in [1.82, 2.24) is 9.62 Å². The topological polar surface area (TPSA) is 49.4 Å². The second-order valence-electron chi connectivity index (χ2n) is 5.59. The van der Waals surface area contributed by atoms with Crippen LogP contribution >= 0.6 is 11.6 Å². The number of halogens is 1. The first-order valence-electron chi connectivity index (χ1n) is 7.01. The SMILES string of the molecule is O=S1(=O)[C@@H]2CCNCC[C@@H]2CN1Cc1cccc(Cl)c1. The molecule has 1 N–H and O–H groups in total. The number of hydrogen-bond acceptors (Lipinski definition) is 3. The van der Waals surface area contributed by atoms with E-state index in [0.29, 0.717) is 18.1 Å². The van der Waals surface area contributed by atoms with Crippen molar-refractivity contribution in [3.8, 4) is 0 Å². The minimum atomic E-state index is -3.17. The Hall–Kier alpha value is -0.620. The van der Waals surface area contributed by atoms with Crippen LogP contribution in [0.4, 0.5) is 0 Å². The zero-order valence-electron chi connectivity index (χ0n) is 11.3. The van der Waals surface area contributed by atoms with Gasteiger partial charge in [0.15, 0.2) is 0 Å². The van der Waals surface area contributed by atoms with Gasteiger partial charge in [-0.15, -0.1) is 0 Å². The molecule has 0 amide bonds. The maximum absolute atomic E-state index is 12.6. The first-order chi connectivity index (χ1) is 9.57. The summed E-state index contributed by atoms with van der Waals surface area (Å²) in [5.41, 5.74) is 0.954. The third-order valence-corrected chi connectivity index (χ3v) is 6.87. The minimum absolute atomic E-state index is 0.211. The second-order valence-corrected chi connectivity index (χ2v) is 8.18. The van der Waals surface area contributed by atoms with Gasteiger partial charge in [0, 0.05) is 18.1 Å². The van der Waals surface area contributed by atoms with Gasteiger partial charge < -0.3 is 5.32 Å². The minimum Gasteiger partial charge on any atom is -0.317 e. The molecule has 0 saturated carbocycles. The van der Waals surface area contributed by atoms with Gasteiger partial charge in [-0.1, -0.05) is 23.7 Å². The molecule has 1 aromatic rings. The molecule has 0 bridgehead atoms. The highest BCUT2D eigenvalue weighted by Gasteiger charge is 2.45. The highest BCUT2D eigenvalue weighted by Crippen LogP contribution is 2.34. The van der Waals surface area contributed by atoms with Crippen molar-refractivity contribution in [2.24, 2.45) is 5.92 Å². The molecular formula is C14H19ClN2O2S. The summed E-state index contributed by atoms with van der Waals surface area (Å²) in [5.74, 6) is 0.259. The zero-order chi connectivity index (χ0) is 14.2. The Morgan fingerprint density at radius 1 is 1.30 bits per heavy atom. The lowest BCUT2D eigenvalue weighted by atomic mass is 10.0. The first-order valence-corrected chi connectivity index (χ1v) is 8.89. The lowest BCUT2D eigenvalue weighted by molar-refractivity contribution is 0.380. The van der Waals surface area contributed by atoms with E-state index in [1.807, 2.05) is 18.2 Å². The van der Waals surface area contributed by atoms with Crippen LogP contribution in [0.15, 0.2) is 24.3 Å².